The van der Waals surface area contributed by atoms with E-state index in [0.29, 0.717) is 3.63 Å². The van der Waals surface area contributed by atoms with Crippen LogP contribution in [0.4, 0.5) is 0 Å². The molecule has 6 aromatic rings. The van der Waals surface area contributed by atoms with E-state index in [1.54, 1.807) is 3.27 Å². The number of halogens is 4. The van der Waals surface area contributed by atoms with Crippen molar-refractivity contribution < 1.29 is 46.1 Å². The molecule has 214 valence electrons. The Morgan fingerprint density at radius 3 is 1.82 bits per heavy atom. The van der Waals surface area contributed by atoms with E-state index in [2.05, 4.69) is 115 Å². The molecule has 0 spiro atoms. The summed E-state index contributed by atoms with van der Waals surface area (Å²) in [7, 11) is 0. The van der Waals surface area contributed by atoms with E-state index in [9.17, 15) is 0 Å². The number of fused-ring (bicyclic) bond motifs is 8. The van der Waals surface area contributed by atoms with Crippen molar-refractivity contribution >= 4 is 51.2 Å². The first-order valence-electron chi connectivity index (χ1n) is 14.3. The van der Waals surface area contributed by atoms with Gasteiger partial charge in [-0.1, -0.05) is 0 Å². The summed E-state index contributed by atoms with van der Waals surface area (Å²) in [5.41, 5.74) is 8.21. The zero-order valence-corrected chi connectivity index (χ0v) is 29.1. The number of allylic oxidation sites excluding steroid dienone is 4. The summed E-state index contributed by atoms with van der Waals surface area (Å²) >= 11 is 10.0. The van der Waals surface area contributed by atoms with Crippen molar-refractivity contribution in [3.8, 4) is 11.1 Å². The first-order chi connectivity index (χ1) is 20.7. The molecule has 0 unspecified atom stereocenters. The second-order valence-electron chi connectivity index (χ2n) is 11.1. The SMILES string of the molecule is Clc1ccc([C](c2ccc(Cl)cc2)=[Zr+2]([c]2cccc3c2c2c(c4ccccc43)-c3ccccc3C2)[CH]2C=CC=C2)cc1.[Cl-].[Cl-]. The van der Waals surface area contributed by atoms with E-state index in [1.807, 2.05) is 24.3 Å². The van der Waals surface area contributed by atoms with E-state index in [0.717, 1.165) is 16.5 Å². The van der Waals surface area contributed by atoms with Crippen molar-refractivity contribution in [1.82, 2.24) is 0 Å². The van der Waals surface area contributed by atoms with Gasteiger partial charge in [0.15, 0.2) is 0 Å². The van der Waals surface area contributed by atoms with Crippen molar-refractivity contribution in [3.05, 3.63) is 172 Å². The Labute approximate surface area is 288 Å². The minimum Gasteiger partial charge on any atom is -1.00 e. The molecule has 5 heteroatoms. The van der Waals surface area contributed by atoms with Gasteiger partial charge in [-0.25, -0.2) is 0 Å². The fourth-order valence-electron chi connectivity index (χ4n) is 6.96. The first-order valence-corrected chi connectivity index (χ1v) is 19.0. The summed E-state index contributed by atoms with van der Waals surface area (Å²) in [6, 6.07) is 42.0. The van der Waals surface area contributed by atoms with Gasteiger partial charge in [-0.3, -0.25) is 0 Å². The van der Waals surface area contributed by atoms with Crippen molar-refractivity contribution in [2.45, 2.75) is 10.0 Å². The summed E-state index contributed by atoms with van der Waals surface area (Å²) in [5.74, 6) is 0. The van der Waals surface area contributed by atoms with E-state index >= 15 is 0 Å². The Kier molecular flexibility index (Phi) is 9.17. The van der Waals surface area contributed by atoms with Crippen LogP contribution in [0.25, 0.3) is 32.7 Å². The number of rotatable bonds is 4. The molecule has 0 radical (unpaired) electrons. The molecule has 0 aromatic heterocycles. The molecule has 0 N–H and O–H groups in total. The van der Waals surface area contributed by atoms with Crippen LogP contribution < -0.4 is 28.1 Å². The quantitative estimate of drug-likeness (QED) is 0.238. The second kappa shape index (κ2) is 12.9. The molecule has 44 heavy (non-hydrogen) atoms. The molecule has 0 saturated carbocycles. The van der Waals surface area contributed by atoms with Crippen LogP contribution in [0.2, 0.25) is 13.7 Å². The summed E-state index contributed by atoms with van der Waals surface area (Å²) in [6.07, 6.45) is 10.3. The second-order valence-corrected chi connectivity index (χ2v) is 18.2. The third-order valence-electron chi connectivity index (χ3n) is 8.72. The molecule has 0 nitrogen and oxygen atoms in total. The van der Waals surface area contributed by atoms with Gasteiger partial charge in [0.05, 0.1) is 0 Å². The Balaban J connectivity index is 0.00000171. The number of benzene rings is 6. The van der Waals surface area contributed by atoms with Crippen LogP contribution in [0.5, 0.6) is 0 Å². The summed E-state index contributed by atoms with van der Waals surface area (Å²) < 4.78 is 3.41. The average Bonchev–Trinajstić information content (AvgIpc) is 3.70. The molecule has 0 atom stereocenters. The third-order valence-corrected chi connectivity index (χ3v) is 17.0. The van der Waals surface area contributed by atoms with Gasteiger partial charge in [-0.15, -0.1) is 0 Å². The monoisotopic (exact) mass is 724 g/mol. The maximum Gasteiger partial charge on any atom is -1.00 e. The minimum atomic E-state index is -2.79. The normalized spacial score (nSPS) is 12.8. The van der Waals surface area contributed by atoms with E-state index in [4.69, 9.17) is 23.2 Å². The van der Waals surface area contributed by atoms with E-state index < -0.39 is 21.3 Å². The van der Waals surface area contributed by atoms with Crippen molar-refractivity contribution in [3.63, 3.8) is 0 Å². The molecule has 0 fully saturated rings. The Morgan fingerprint density at radius 2 is 1.16 bits per heavy atom. The Bertz CT molecular complexity index is 2060. The molecule has 0 amide bonds. The Hall–Kier alpha value is -2.77. The van der Waals surface area contributed by atoms with E-state index in [1.165, 1.54) is 58.1 Å². The molecule has 6 aromatic carbocycles. The van der Waals surface area contributed by atoms with Crippen LogP contribution in [0.1, 0.15) is 22.3 Å². The maximum atomic E-state index is 6.42. The molecule has 2 aliphatic carbocycles. The molecular weight excluding hydrogens is 701 g/mol. The van der Waals surface area contributed by atoms with Gasteiger partial charge in [0.1, 0.15) is 0 Å². The molecule has 0 bridgehead atoms. The molecular formula is C39H26Cl4Zr. The molecule has 8 rings (SSSR count). The van der Waals surface area contributed by atoms with Crippen LogP contribution in [0, 0.1) is 0 Å². The standard InChI is InChI=1S/C21H13.C13H8Cl2.C5H5.2ClH.Zr/c1-2-8-15-14(7-1)13-20-18-11-4-3-9-16(18)17-10-5-6-12-19(17)21(15)20;14-12-5-1-10(2-6-12)9-11-3-7-13(15)8-4-11;1-2-4-5-3-1;;;/h1-10,12H,13H2;1-8H;1-5H;2*1H;/q;;;;;+2/p-2. The smallest absolute Gasteiger partial charge is 1.00 e. The van der Waals surface area contributed by atoms with Gasteiger partial charge in [0.25, 0.3) is 0 Å². The van der Waals surface area contributed by atoms with Crippen LogP contribution >= 0.6 is 23.2 Å². The fraction of sp³-hybridized carbons (Fsp3) is 0.0513. The largest absolute Gasteiger partial charge is 1.00 e. The third kappa shape index (κ3) is 5.28. The first kappa shape index (κ1) is 31.2. The number of hydrogen-bond donors (Lipinski definition) is 0. The van der Waals surface area contributed by atoms with Gasteiger partial charge in [0.2, 0.25) is 0 Å². The zero-order chi connectivity index (χ0) is 28.2. The molecule has 0 aliphatic heterocycles. The predicted octanol–water partition coefficient (Wildman–Crippen LogP) is 4.31. The zero-order valence-electron chi connectivity index (χ0n) is 23.6. The minimum absolute atomic E-state index is 0. The van der Waals surface area contributed by atoms with Crippen LogP contribution in [-0.4, -0.2) is 3.21 Å². The maximum absolute atomic E-state index is 6.42. The van der Waals surface area contributed by atoms with Crippen LogP contribution in [-0.2, 0) is 27.7 Å². The van der Waals surface area contributed by atoms with Gasteiger partial charge in [-0.2, -0.15) is 0 Å². The van der Waals surface area contributed by atoms with Gasteiger partial charge in [-0.05, 0) is 0 Å². The number of hydrogen-bond acceptors (Lipinski definition) is 0. The Morgan fingerprint density at radius 1 is 0.591 bits per heavy atom. The van der Waals surface area contributed by atoms with E-state index in [-0.39, 0.29) is 24.8 Å². The fourth-order valence-corrected chi connectivity index (χ4v) is 15.5. The molecule has 0 saturated heterocycles. The molecule has 2 aliphatic rings. The van der Waals surface area contributed by atoms with Gasteiger partial charge < -0.3 is 24.8 Å². The summed E-state index contributed by atoms with van der Waals surface area (Å²) in [4.78, 5) is 0. The van der Waals surface area contributed by atoms with Crippen LogP contribution in [0.3, 0.4) is 0 Å². The van der Waals surface area contributed by atoms with Crippen molar-refractivity contribution in [1.29, 1.82) is 0 Å². The van der Waals surface area contributed by atoms with Crippen molar-refractivity contribution in [2.75, 3.05) is 0 Å². The van der Waals surface area contributed by atoms with Crippen molar-refractivity contribution in [2.24, 2.45) is 0 Å². The van der Waals surface area contributed by atoms with Crippen LogP contribution in [0.15, 0.2) is 140 Å². The topological polar surface area (TPSA) is 0 Å². The molecule has 0 heterocycles. The van der Waals surface area contributed by atoms with Gasteiger partial charge >= 0.3 is 266 Å². The summed E-state index contributed by atoms with van der Waals surface area (Å²) in [5, 5.41) is 7.03. The van der Waals surface area contributed by atoms with Gasteiger partial charge in [0, 0.05) is 0 Å². The average molecular weight is 728 g/mol. The predicted molar refractivity (Wildman–Crippen MR) is 177 cm³/mol. The summed E-state index contributed by atoms with van der Waals surface area (Å²) in [6.45, 7) is 0.